The summed E-state index contributed by atoms with van der Waals surface area (Å²) in [5.74, 6) is 0.351. The Hall–Kier alpha value is -1.28. The van der Waals surface area contributed by atoms with Crippen LogP contribution in [-0.4, -0.2) is 11.9 Å². The van der Waals surface area contributed by atoms with Crippen LogP contribution in [0.3, 0.4) is 0 Å². The van der Waals surface area contributed by atoms with E-state index in [2.05, 4.69) is 20.4 Å². The number of hydrogen-bond acceptors (Lipinski definition) is 2. The minimum absolute atomic E-state index is 0.360. The zero-order valence-electron chi connectivity index (χ0n) is 12.7. The molecule has 1 aromatic carbocycles. The molecule has 2 rings (SSSR count). The van der Waals surface area contributed by atoms with Gasteiger partial charge in [0.25, 0.3) is 0 Å². The van der Waals surface area contributed by atoms with Crippen molar-refractivity contribution in [2.45, 2.75) is 64.3 Å². The lowest BCUT2D eigenvalue weighted by molar-refractivity contribution is -0.202. The zero-order chi connectivity index (χ0) is 14.4. The third kappa shape index (κ3) is 4.11. The van der Waals surface area contributed by atoms with Crippen molar-refractivity contribution in [2.75, 3.05) is 0 Å². The zero-order valence-corrected chi connectivity index (χ0v) is 12.7. The van der Waals surface area contributed by atoms with Crippen molar-refractivity contribution in [1.29, 1.82) is 0 Å². The van der Waals surface area contributed by atoms with Crippen LogP contribution in [0.4, 0.5) is 0 Å². The van der Waals surface area contributed by atoms with Gasteiger partial charge in [0.15, 0.2) is 0 Å². The Balaban J connectivity index is 2.03. The van der Waals surface area contributed by atoms with Crippen molar-refractivity contribution in [3.63, 3.8) is 0 Å². The minimum atomic E-state index is -0.514. The summed E-state index contributed by atoms with van der Waals surface area (Å²) in [6, 6.07) is 8.01. The maximum atomic E-state index is 6.26. The van der Waals surface area contributed by atoms with Gasteiger partial charge < -0.3 is 9.47 Å². The molecule has 0 radical (unpaired) electrons. The van der Waals surface area contributed by atoms with Gasteiger partial charge in [0.2, 0.25) is 5.79 Å². The van der Waals surface area contributed by atoms with E-state index in [1.54, 1.807) is 0 Å². The SMILES string of the molecule is C=Cc1ccc(OC(C)(CCC)OC2CCCC2)cc1. The first-order valence-corrected chi connectivity index (χ1v) is 7.74. The highest BCUT2D eigenvalue weighted by molar-refractivity contribution is 5.48. The lowest BCUT2D eigenvalue weighted by Gasteiger charge is -2.33. The van der Waals surface area contributed by atoms with E-state index in [0.717, 1.165) is 37.0 Å². The Kier molecular flexibility index (Phi) is 5.24. The Morgan fingerprint density at radius 1 is 1.25 bits per heavy atom. The molecule has 1 aliphatic rings. The molecule has 2 heteroatoms. The van der Waals surface area contributed by atoms with E-state index >= 15 is 0 Å². The molecular formula is C18H26O2. The summed E-state index contributed by atoms with van der Waals surface area (Å²) in [5, 5.41) is 0. The van der Waals surface area contributed by atoms with Crippen LogP contribution in [0.1, 0.15) is 57.9 Å². The quantitative estimate of drug-likeness (QED) is 0.637. The van der Waals surface area contributed by atoms with E-state index in [-0.39, 0.29) is 0 Å². The number of rotatable bonds is 7. The van der Waals surface area contributed by atoms with E-state index in [0.29, 0.717) is 6.10 Å². The maximum absolute atomic E-state index is 6.26. The van der Waals surface area contributed by atoms with Crippen LogP contribution in [0.2, 0.25) is 0 Å². The predicted molar refractivity (Wildman–Crippen MR) is 83.8 cm³/mol. The lowest BCUT2D eigenvalue weighted by atomic mass is 10.1. The van der Waals surface area contributed by atoms with Crippen molar-refractivity contribution < 1.29 is 9.47 Å². The molecule has 1 fully saturated rings. The Morgan fingerprint density at radius 3 is 2.45 bits per heavy atom. The van der Waals surface area contributed by atoms with Crippen molar-refractivity contribution in [2.24, 2.45) is 0 Å². The molecule has 2 nitrogen and oxygen atoms in total. The van der Waals surface area contributed by atoms with Crippen molar-refractivity contribution in [1.82, 2.24) is 0 Å². The average Bonchev–Trinajstić information content (AvgIpc) is 2.92. The molecule has 0 aliphatic heterocycles. The number of ether oxygens (including phenoxy) is 2. The molecule has 1 saturated carbocycles. The molecule has 0 N–H and O–H groups in total. The molecule has 0 amide bonds. The molecule has 0 aromatic heterocycles. The van der Waals surface area contributed by atoms with E-state index in [1.807, 2.05) is 30.3 Å². The fourth-order valence-electron chi connectivity index (χ4n) is 2.87. The molecular weight excluding hydrogens is 248 g/mol. The van der Waals surface area contributed by atoms with Crippen LogP contribution in [-0.2, 0) is 4.74 Å². The third-order valence-corrected chi connectivity index (χ3v) is 3.87. The van der Waals surface area contributed by atoms with Gasteiger partial charge in [-0.3, -0.25) is 0 Å². The van der Waals surface area contributed by atoms with Gasteiger partial charge in [-0.05, 0) is 37.0 Å². The van der Waals surface area contributed by atoms with E-state index < -0.39 is 5.79 Å². The summed E-state index contributed by atoms with van der Waals surface area (Å²) < 4.78 is 12.4. The van der Waals surface area contributed by atoms with E-state index in [4.69, 9.17) is 9.47 Å². The summed E-state index contributed by atoms with van der Waals surface area (Å²) in [4.78, 5) is 0. The van der Waals surface area contributed by atoms with Crippen molar-refractivity contribution in [3.8, 4) is 5.75 Å². The lowest BCUT2D eigenvalue weighted by Crippen LogP contribution is -2.38. The van der Waals surface area contributed by atoms with Crippen molar-refractivity contribution >= 4 is 6.08 Å². The Bertz CT molecular complexity index is 418. The van der Waals surface area contributed by atoms with Gasteiger partial charge in [-0.2, -0.15) is 0 Å². The smallest absolute Gasteiger partial charge is 0.207 e. The highest BCUT2D eigenvalue weighted by Crippen LogP contribution is 2.30. The van der Waals surface area contributed by atoms with Gasteiger partial charge in [0, 0.05) is 13.3 Å². The largest absolute Gasteiger partial charge is 0.463 e. The highest BCUT2D eigenvalue weighted by atomic mass is 16.7. The molecule has 1 aliphatic carbocycles. The Morgan fingerprint density at radius 2 is 1.90 bits per heavy atom. The van der Waals surface area contributed by atoms with Crippen LogP contribution in [0.5, 0.6) is 5.75 Å². The molecule has 0 spiro atoms. The first-order valence-electron chi connectivity index (χ1n) is 7.74. The van der Waals surface area contributed by atoms with E-state index in [1.165, 1.54) is 12.8 Å². The fourth-order valence-corrected chi connectivity index (χ4v) is 2.87. The summed E-state index contributed by atoms with van der Waals surface area (Å²) in [6.45, 7) is 8.00. The van der Waals surface area contributed by atoms with Crippen LogP contribution in [0, 0.1) is 0 Å². The number of hydrogen-bond donors (Lipinski definition) is 0. The second-order valence-electron chi connectivity index (χ2n) is 5.78. The second kappa shape index (κ2) is 6.94. The van der Waals surface area contributed by atoms with Crippen molar-refractivity contribution in [3.05, 3.63) is 36.4 Å². The van der Waals surface area contributed by atoms with E-state index in [9.17, 15) is 0 Å². The van der Waals surface area contributed by atoms with Crippen LogP contribution in [0.15, 0.2) is 30.8 Å². The topological polar surface area (TPSA) is 18.5 Å². The van der Waals surface area contributed by atoms with Gasteiger partial charge in [-0.25, -0.2) is 0 Å². The predicted octanol–water partition coefficient (Wildman–Crippen LogP) is 5.18. The van der Waals surface area contributed by atoms with Gasteiger partial charge >= 0.3 is 0 Å². The normalized spacial score (nSPS) is 18.7. The first kappa shape index (κ1) is 15.1. The first-order chi connectivity index (χ1) is 9.65. The average molecular weight is 274 g/mol. The molecule has 110 valence electrons. The van der Waals surface area contributed by atoms with Crippen LogP contribution in [0.25, 0.3) is 6.08 Å². The third-order valence-electron chi connectivity index (χ3n) is 3.87. The van der Waals surface area contributed by atoms with Crippen LogP contribution < -0.4 is 4.74 Å². The summed E-state index contributed by atoms with van der Waals surface area (Å²) >= 11 is 0. The second-order valence-corrected chi connectivity index (χ2v) is 5.78. The Labute approximate surface area is 122 Å². The summed E-state index contributed by atoms with van der Waals surface area (Å²) in [6.07, 6.45) is 9.04. The molecule has 1 aromatic rings. The van der Waals surface area contributed by atoms with Gasteiger partial charge in [-0.1, -0.05) is 44.6 Å². The standard InChI is InChI=1S/C18H26O2/c1-4-14-18(3,19-16-8-6-7-9-16)20-17-12-10-15(5-2)11-13-17/h5,10-13,16H,2,4,6-9,14H2,1,3H3. The maximum Gasteiger partial charge on any atom is 0.207 e. The molecule has 0 heterocycles. The van der Waals surface area contributed by atoms with Gasteiger partial charge in [0.1, 0.15) is 5.75 Å². The fraction of sp³-hybridized carbons (Fsp3) is 0.556. The molecule has 1 unspecified atom stereocenters. The number of benzene rings is 1. The highest BCUT2D eigenvalue weighted by Gasteiger charge is 2.31. The summed E-state index contributed by atoms with van der Waals surface area (Å²) in [5.41, 5.74) is 1.10. The molecule has 0 saturated heterocycles. The van der Waals surface area contributed by atoms with Crippen LogP contribution >= 0.6 is 0 Å². The molecule has 1 atom stereocenters. The van der Waals surface area contributed by atoms with Gasteiger partial charge in [0.05, 0.1) is 6.10 Å². The molecule has 0 bridgehead atoms. The monoisotopic (exact) mass is 274 g/mol. The minimum Gasteiger partial charge on any atom is -0.463 e. The summed E-state index contributed by atoms with van der Waals surface area (Å²) in [7, 11) is 0. The van der Waals surface area contributed by atoms with Gasteiger partial charge in [-0.15, -0.1) is 0 Å². The molecule has 20 heavy (non-hydrogen) atoms.